The van der Waals surface area contributed by atoms with Crippen LogP contribution in [0.1, 0.15) is 16.8 Å². The van der Waals surface area contributed by atoms with Gasteiger partial charge in [-0.15, -0.1) is 0 Å². The number of nitrogens with zero attached hydrogens (tertiary/aromatic N) is 2. The van der Waals surface area contributed by atoms with Crippen LogP contribution in [0.3, 0.4) is 0 Å². The van der Waals surface area contributed by atoms with E-state index in [0.717, 1.165) is 61.4 Å². The number of thioether (sulfide) groups is 1. The number of hydrogen-bond donors (Lipinski definition) is 1. The first kappa shape index (κ1) is 18.3. The van der Waals surface area contributed by atoms with Gasteiger partial charge in [0.05, 0.1) is 18.9 Å². The summed E-state index contributed by atoms with van der Waals surface area (Å²) < 4.78 is 16.2. The van der Waals surface area contributed by atoms with E-state index >= 15 is 0 Å². The molecule has 0 bridgehead atoms. The fourth-order valence-electron chi connectivity index (χ4n) is 3.14. The smallest absolute Gasteiger partial charge is 0.254 e. The summed E-state index contributed by atoms with van der Waals surface area (Å²) in [5.41, 5.74) is 2.43. The zero-order valence-electron chi connectivity index (χ0n) is 15.3. The van der Waals surface area contributed by atoms with Crippen LogP contribution in [0.4, 0.5) is 0 Å². The minimum absolute atomic E-state index is 0.0744. The van der Waals surface area contributed by atoms with Crippen molar-refractivity contribution in [3.05, 3.63) is 45.4 Å². The Kier molecular flexibility index (Phi) is 5.66. The summed E-state index contributed by atoms with van der Waals surface area (Å²) in [5, 5.41) is 0.676. The summed E-state index contributed by atoms with van der Waals surface area (Å²) in [7, 11) is 0. The molecule has 0 spiro atoms. The van der Waals surface area contributed by atoms with Crippen LogP contribution in [-0.4, -0.2) is 60.3 Å². The molecule has 2 aromatic rings. The first-order valence-electron chi connectivity index (χ1n) is 9.10. The van der Waals surface area contributed by atoms with E-state index in [9.17, 15) is 4.79 Å². The lowest BCUT2D eigenvalue weighted by molar-refractivity contribution is 0.0410. The molecule has 4 rings (SSSR count). The van der Waals surface area contributed by atoms with Crippen molar-refractivity contribution in [2.75, 3.05) is 45.4 Å². The Morgan fingerprint density at radius 3 is 2.89 bits per heavy atom. The number of rotatable bonds is 6. The van der Waals surface area contributed by atoms with Crippen molar-refractivity contribution in [3.8, 4) is 11.5 Å². The van der Waals surface area contributed by atoms with Crippen LogP contribution < -0.4 is 15.0 Å². The highest BCUT2D eigenvalue weighted by atomic mass is 32.2. The minimum Gasteiger partial charge on any atom is -0.454 e. The summed E-state index contributed by atoms with van der Waals surface area (Å²) >= 11 is 1.59. The normalized spacial score (nSPS) is 16.6. The van der Waals surface area contributed by atoms with Crippen LogP contribution in [0.2, 0.25) is 0 Å². The third kappa shape index (κ3) is 4.45. The van der Waals surface area contributed by atoms with Crippen LogP contribution in [0.25, 0.3) is 0 Å². The molecule has 1 aromatic heterocycles. The minimum atomic E-state index is -0.0744. The zero-order valence-corrected chi connectivity index (χ0v) is 16.1. The number of fused-ring (bicyclic) bond motifs is 1. The van der Waals surface area contributed by atoms with Crippen LogP contribution in [-0.2, 0) is 11.2 Å². The molecule has 2 aliphatic heterocycles. The number of morpholine rings is 1. The van der Waals surface area contributed by atoms with Gasteiger partial charge in [-0.05, 0) is 24.6 Å². The number of aromatic amines is 1. The van der Waals surface area contributed by atoms with Crippen molar-refractivity contribution in [3.63, 3.8) is 0 Å². The van der Waals surface area contributed by atoms with Gasteiger partial charge in [0.25, 0.3) is 5.56 Å². The molecular formula is C19H23N3O4S. The van der Waals surface area contributed by atoms with Crippen LogP contribution in [0.5, 0.6) is 11.5 Å². The molecule has 1 N–H and O–H groups in total. The second-order valence-corrected chi connectivity index (χ2v) is 7.69. The Hall–Kier alpha value is -2.03. The maximum atomic E-state index is 12.3. The molecule has 0 saturated carbocycles. The van der Waals surface area contributed by atoms with Crippen molar-refractivity contribution < 1.29 is 14.2 Å². The molecule has 144 valence electrons. The van der Waals surface area contributed by atoms with Gasteiger partial charge in [-0.3, -0.25) is 9.69 Å². The number of hydrogen-bond acceptors (Lipinski definition) is 7. The average Bonchev–Trinajstić information content (AvgIpc) is 3.14. The van der Waals surface area contributed by atoms with E-state index < -0.39 is 0 Å². The van der Waals surface area contributed by atoms with Gasteiger partial charge in [0, 0.05) is 37.4 Å². The van der Waals surface area contributed by atoms with Gasteiger partial charge in [-0.25, -0.2) is 4.98 Å². The van der Waals surface area contributed by atoms with Crippen LogP contribution in [0.15, 0.2) is 28.2 Å². The Morgan fingerprint density at radius 2 is 2.04 bits per heavy atom. The SMILES string of the molecule is Cc1c(Cc2ccc3c(c2)OCO3)nc(SCCN2CCOCC2)[nH]c1=O. The summed E-state index contributed by atoms with van der Waals surface area (Å²) in [6, 6.07) is 5.84. The molecule has 8 heteroatoms. The van der Waals surface area contributed by atoms with Gasteiger partial charge in [-0.1, -0.05) is 17.8 Å². The van der Waals surface area contributed by atoms with Crippen molar-refractivity contribution in [2.24, 2.45) is 0 Å². The van der Waals surface area contributed by atoms with Gasteiger partial charge < -0.3 is 19.2 Å². The Labute approximate surface area is 162 Å². The average molecular weight is 389 g/mol. The topological polar surface area (TPSA) is 76.7 Å². The second kappa shape index (κ2) is 8.33. The van der Waals surface area contributed by atoms with Gasteiger partial charge in [-0.2, -0.15) is 0 Å². The third-order valence-corrected chi connectivity index (χ3v) is 5.64. The third-order valence-electron chi connectivity index (χ3n) is 4.79. The molecule has 3 heterocycles. The van der Waals surface area contributed by atoms with E-state index in [2.05, 4.69) is 9.88 Å². The number of H-pyrrole nitrogens is 1. The van der Waals surface area contributed by atoms with Crippen molar-refractivity contribution in [2.45, 2.75) is 18.5 Å². The number of aromatic nitrogens is 2. The van der Waals surface area contributed by atoms with Crippen LogP contribution in [0, 0.1) is 6.92 Å². The molecule has 0 atom stereocenters. The van der Waals surface area contributed by atoms with E-state index in [1.165, 1.54) is 0 Å². The highest BCUT2D eigenvalue weighted by Crippen LogP contribution is 2.33. The van der Waals surface area contributed by atoms with Gasteiger partial charge in [0.15, 0.2) is 16.7 Å². The lowest BCUT2D eigenvalue weighted by Gasteiger charge is -2.26. The fourth-order valence-corrected chi connectivity index (χ4v) is 4.02. The van der Waals surface area contributed by atoms with Crippen molar-refractivity contribution in [1.29, 1.82) is 0 Å². The molecule has 1 aromatic carbocycles. The summed E-state index contributed by atoms with van der Waals surface area (Å²) in [6.45, 7) is 6.56. The number of benzene rings is 1. The molecule has 0 aliphatic carbocycles. The lowest BCUT2D eigenvalue weighted by Crippen LogP contribution is -2.37. The molecular weight excluding hydrogens is 366 g/mol. The molecule has 2 aliphatic rings. The fraction of sp³-hybridized carbons (Fsp3) is 0.474. The maximum absolute atomic E-state index is 12.3. The Balaban J connectivity index is 1.43. The van der Waals surface area contributed by atoms with Gasteiger partial charge in [0.2, 0.25) is 6.79 Å². The van der Waals surface area contributed by atoms with Crippen LogP contribution >= 0.6 is 11.8 Å². The van der Waals surface area contributed by atoms with Crippen molar-refractivity contribution in [1.82, 2.24) is 14.9 Å². The molecule has 0 amide bonds. The maximum Gasteiger partial charge on any atom is 0.254 e. The second-order valence-electron chi connectivity index (χ2n) is 6.61. The number of ether oxygens (including phenoxy) is 3. The molecule has 7 nitrogen and oxygen atoms in total. The molecule has 0 unspecified atom stereocenters. The standard InChI is InChI=1S/C19H23N3O4S/c1-13-15(10-14-2-3-16-17(11-14)26-12-25-16)20-19(21-18(13)23)27-9-6-22-4-7-24-8-5-22/h2-3,11H,4-10,12H2,1H3,(H,20,21,23). The van der Waals surface area contributed by atoms with Gasteiger partial charge >= 0.3 is 0 Å². The molecule has 0 radical (unpaired) electrons. The highest BCUT2D eigenvalue weighted by molar-refractivity contribution is 7.99. The predicted molar refractivity (Wildman–Crippen MR) is 103 cm³/mol. The van der Waals surface area contributed by atoms with E-state index in [1.54, 1.807) is 11.8 Å². The molecule has 1 saturated heterocycles. The first-order valence-corrected chi connectivity index (χ1v) is 10.1. The summed E-state index contributed by atoms with van der Waals surface area (Å²) in [5.74, 6) is 2.39. The number of nitrogens with one attached hydrogen (secondary N) is 1. The lowest BCUT2D eigenvalue weighted by atomic mass is 10.1. The highest BCUT2D eigenvalue weighted by Gasteiger charge is 2.15. The largest absolute Gasteiger partial charge is 0.454 e. The summed E-state index contributed by atoms with van der Waals surface area (Å²) in [4.78, 5) is 22.3. The molecule has 1 fully saturated rings. The summed E-state index contributed by atoms with van der Waals surface area (Å²) in [6.07, 6.45) is 0.587. The van der Waals surface area contributed by atoms with E-state index in [0.29, 0.717) is 17.1 Å². The van der Waals surface area contributed by atoms with E-state index in [1.807, 2.05) is 25.1 Å². The zero-order chi connectivity index (χ0) is 18.6. The van der Waals surface area contributed by atoms with E-state index in [4.69, 9.17) is 19.2 Å². The Bertz CT molecular complexity index is 865. The van der Waals surface area contributed by atoms with Gasteiger partial charge in [0.1, 0.15) is 0 Å². The predicted octanol–water partition coefficient (Wildman–Crippen LogP) is 1.82. The Morgan fingerprint density at radius 1 is 1.22 bits per heavy atom. The quantitative estimate of drug-likeness (QED) is 0.596. The van der Waals surface area contributed by atoms with Crippen molar-refractivity contribution >= 4 is 11.8 Å². The molecule has 27 heavy (non-hydrogen) atoms. The van der Waals surface area contributed by atoms with E-state index in [-0.39, 0.29) is 12.4 Å². The first-order chi connectivity index (χ1) is 13.2. The monoisotopic (exact) mass is 389 g/mol.